The lowest BCUT2D eigenvalue weighted by Crippen LogP contribution is -2.35. The zero-order valence-corrected chi connectivity index (χ0v) is 12.2. The number of nitriles is 1. The van der Waals surface area contributed by atoms with E-state index in [0.717, 1.165) is 5.56 Å². The smallest absolute Gasteiger partial charge is 0.410 e. The van der Waals surface area contributed by atoms with Crippen LogP contribution in [0.2, 0.25) is 0 Å². The first-order valence-corrected chi connectivity index (χ1v) is 6.83. The molecule has 106 valence electrons. The summed E-state index contributed by atoms with van der Waals surface area (Å²) in [5, 5.41) is 9.30. The molecule has 1 aromatic rings. The van der Waals surface area contributed by atoms with E-state index in [1.165, 1.54) is 0 Å². The molecule has 0 spiro atoms. The number of rotatable bonds is 1. The summed E-state index contributed by atoms with van der Waals surface area (Å²) in [6.45, 7) is 6.51. The molecule has 0 radical (unpaired) electrons. The molecule has 2 atom stereocenters. The standard InChI is InChI=1S/C16H20N2O2/c1-16(2,3)20-15(19)18-10-13(9-17)14(11-18)12-7-5-4-6-8-12/h4-8,13-14H,10-11H2,1-3H3/t13-,14+/m1/s1. The van der Waals surface area contributed by atoms with Gasteiger partial charge in [0.15, 0.2) is 0 Å². The van der Waals surface area contributed by atoms with E-state index in [9.17, 15) is 10.1 Å². The van der Waals surface area contributed by atoms with E-state index in [-0.39, 0.29) is 17.9 Å². The summed E-state index contributed by atoms with van der Waals surface area (Å²) in [5.74, 6) is -0.112. The fourth-order valence-corrected chi connectivity index (χ4v) is 2.45. The van der Waals surface area contributed by atoms with Crippen molar-refractivity contribution in [2.24, 2.45) is 5.92 Å². The van der Waals surface area contributed by atoms with Gasteiger partial charge in [0.2, 0.25) is 0 Å². The van der Waals surface area contributed by atoms with Crippen LogP contribution in [0.5, 0.6) is 0 Å². The number of ether oxygens (including phenoxy) is 1. The van der Waals surface area contributed by atoms with Gasteiger partial charge in [-0.3, -0.25) is 0 Å². The maximum absolute atomic E-state index is 12.1. The van der Waals surface area contributed by atoms with Crippen molar-refractivity contribution in [1.29, 1.82) is 5.26 Å². The van der Waals surface area contributed by atoms with Crippen LogP contribution in [0, 0.1) is 17.2 Å². The Kier molecular flexibility index (Phi) is 3.99. The Morgan fingerprint density at radius 2 is 1.95 bits per heavy atom. The molecule has 4 heteroatoms. The third kappa shape index (κ3) is 3.30. The van der Waals surface area contributed by atoms with Gasteiger partial charge in [-0.2, -0.15) is 5.26 Å². The first-order chi connectivity index (χ1) is 9.40. The highest BCUT2D eigenvalue weighted by Crippen LogP contribution is 2.32. The first kappa shape index (κ1) is 14.4. The Morgan fingerprint density at radius 1 is 1.30 bits per heavy atom. The molecule has 0 aliphatic carbocycles. The van der Waals surface area contributed by atoms with E-state index >= 15 is 0 Å². The van der Waals surface area contributed by atoms with Gasteiger partial charge < -0.3 is 9.64 Å². The van der Waals surface area contributed by atoms with Crippen molar-refractivity contribution >= 4 is 6.09 Å². The van der Waals surface area contributed by atoms with Gasteiger partial charge >= 0.3 is 6.09 Å². The zero-order chi connectivity index (χ0) is 14.8. The highest BCUT2D eigenvalue weighted by Gasteiger charge is 2.37. The lowest BCUT2D eigenvalue weighted by atomic mass is 9.90. The molecule has 1 aromatic carbocycles. The zero-order valence-electron chi connectivity index (χ0n) is 12.2. The van der Waals surface area contributed by atoms with E-state index in [4.69, 9.17) is 4.74 Å². The van der Waals surface area contributed by atoms with Crippen molar-refractivity contribution in [2.45, 2.75) is 32.3 Å². The number of carbonyl (C=O) groups excluding carboxylic acids is 1. The minimum absolute atomic E-state index is 0.0636. The van der Waals surface area contributed by atoms with Crippen molar-refractivity contribution in [2.75, 3.05) is 13.1 Å². The fraction of sp³-hybridized carbons (Fsp3) is 0.500. The Labute approximate surface area is 120 Å². The average molecular weight is 272 g/mol. The minimum Gasteiger partial charge on any atom is -0.444 e. The molecule has 1 aliphatic heterocycles. The van der Waals surface area contributed by atoms with Crippen LogP contribution in [0.3, 0.4) is 0 Å². The van der Waals surface area contributed by atoms with Crippen molar-refractivity contribution in [1.82, 2.24) is 4.90 Å². The Bertz CT molecular complexity index is 514. The molecule has 0 saturated carbocycles. The van der Waals surface area contributed by atoms with Gasteiger partial charge in [-0.1, -0.05) is 30.3 Å². The molecule has 20 heavy (non-hydrogen) atoms. The van der Waals surface area contributed by atoms with Gasteiger partial charge in [0.1, 0.15) is 5.60 Å². The summed E-state index contributed by atoms with van der Waals surface area (Å²) in [6.07, 6.45) is -0.337. The van der Waals surface area contributed by atoms with E-state index in [1.807, 2.05) is 51.1 Å². The lowest BCUT2D eigenvalue weighted by Gasteiger charge is -2.24. The van der Waals surface area contributed by atoms with Gasteiger partial charge in [0, 0.05) is 19.0 Å². The van der Waals surface area contributed by atoms with Gasteiger partial charge in [-0.05, 0) is 26.3 Å². The predicted molar refractivity (Wildman–Crippen MR) is 76.1 cm³/mol. The van der Waals surface area contributed by atoms with Crippen LogP contribution in [0.15, 0.2) is 30.3 Å². The summed E-state index contributed by atoms with van der Waals surface area (Å²) in [5.41, 5.74) is 0.592. The van der Waals surface area contributed by atoms with Crippen LogP contribution in [-0.2, 0) is 4.74 Å². The number of likely N-dealkylation sites (tertiary alicyclic amines) is 1. The molecule has 4 nitrogen and oxygen atoms in total. The van der Waals surface area contributed by atoms with Gasteiger partial charge in [-0.25, -0.2) is 4.79 Å². The summed E-state index contributed by atoms with van der Waals surface area (Å²) < 4.78 is 5.38. The number of benzene rings is 1. The Morgan fingerprint density at radius 3 is 2.50 bits per heavy atom. The predicted octanol–water partition coefficient (Wildman–Crippen LogP) is 3.16. The Hall–Kier alpha value is -2.02. The second-order valence-electron chi connectivity index (χ2n) is 6.14. The molecular weight excluding hydrogens is 252 g/mol. The summed E-state index contributed by atoms with van der Waals surface area (Å²) >= 11 is 0. The summed E-state index contributed by atoms with van der Waals surface area (Å²) in [4.78, 5) is 13.7. The third-order valence-corrected chi connectivity index (χ3v) is 3.37. The molecule has 0 aromatic heterocycles. The molecule has 1 heterocycles. The number of nitrogens with zero attached hydrogens (tertiary/aromatic N) is 2. The van der Waals surface area contributed by atoms with E-state index in [2.05, 4.69) is 6.07 Å². The van der Waals surface area contributed by atoms with Crippen LogP contribution >= 0.6 is 0 Å². The van der Waals surface area contributed by atoms with Gasteiger partial charge in [-0.15, -0.1) is 0 Å². The van der Waals surface area contributed by atoms with Crippen molar-refractivity contribution in [3.63, 3.8) is 0 Å². The molecule has 0 unspecified atom stereocenters. The largest absolute Gasteiger partial charge is 0.444 e. The van der Waals surface area contributed by atoms with Crippen molar-refractivity contribution in [3.05, 3.63) is 35.9 Å². The molecule has 1 amide bonds. The van der Waals surface area contributed by atoms with Crippen LogP contribution in [0.4, 0.5) is 4.79 Å². The molecular formula is C16H20N2O2. The average Bonchev–Trinajstić information content (AvgIpc) is 2.82. The van der Waals surface area contributed by atoms with Gasteiger partial charge in [0.05, 0.1) is 12.0 Å². The lowest BCUT2D eigenvalue weighted by molar-refractivity contribution is 0.0289. The fourth-order valence-electron chi connectivity index (χ4n) is 2.45. The number of hydrogen-bond donors (Lipinski definition) is 0. The number of carbonyl (C=O) groups is 1. The first-order valence-electron chi connectivity index (χ1n) is 6.83. The van der Waals surface area contributed by atoms with Crippen LogP contribution < -0.4 is 0 Å². The van der Waals surface area contributed by atoms with E-state index in [0.29, 0.717) is 13.1 Å². The van der Waals surface area contributed by atoms with Crippen molar-refractivity contribution in [3.8, 4) is 6.07 Å². The third-order valence-electron chi connectivity index (χ3n) is 3.37. The Balaban J connectivity index is 2.11. The van der Waals surface area contributed by atoms with Crippen molar-refractivity contribution < 1.29 is 9.53 Å². The highest BCUT2D eigenvalue weighted by atomic mass is 16.6. The topological polar surface area (TPSA) is 53.3 Å². The second kappa shape index (κ2) is 5.54. The maximum atomic E-state index is 12.1. The quantitative estimate of drug-likeness (QED) is 0.789. The van der Waals surface area contributed by atoms with Gasteiger partial charge in [0.25, 0.3) is 0 Å². The maximum Gasteiger partial charge on any atom is 0.410 e. The number of hydrogen-bond acceptors (Lipinski definition) is 3. The second-order valence-corrected chi connectivity index (χ2v) is 6.14. The summed E-state index contributed by atoms with van der Waals surface area (Å²) in [6, 6.07) is 12.2. The SMILES string of the molecule is CC(C)(C)OC(=O)N1C[C@@H](C#N)[C@H](c2ccccc2)C1. The minimum atomic E-state index is -0.510. The van der Waals surface area contributed by atoms with Crippen LogP contribution in [-0.4, -0.2) is 29.7 Å². The van der Waals surface area contributed by atoms with E-state index in [1.54, 1.807) is 4.90 Å². The number of amides is 1. The molecule has 2 rings (SSSR count). The molecule has 0 bridgehead atoms. The normalized spacial score (nSPS) is 22.4. The summed E-state index contributed by atoms with van der Waals surface area (Å²) in [7, 11) is 0. The van der Waals surface area contributed by atoms with Crippen LogP contribution in [0.25, 0.3) is 0 Å². The molecule has 1 saturated heterocycles. The van der Waals surface area contributed by atoms with E-state index < -0.39 is 5.60 Å². The van der Waals surface area contributed by atoms with Crippen LogP contribution in [0.1, 0.15) is 32.3 Å². The molecule has 0 N–H and O–H groups in total. The molecule has 1 aliphatic rings. The molecule has 1 fully saturated rings. The monoisotopic (exact) mass is 272 g/mol. The highest BCUT2D eigenvalue weighted by molar-refractivity contribution is 5.69.